The minimum atomic E-state index is -0.998. The molecule has 2 unspecified atom stereocenters. The predicted molar refractivity (Wildman–Crippen MR) is 101 cm³/mol. The number of carboxylic acids is 1. The Morgan fingerprint density at radius 3 is 2.73 bits per heavy atom. The van der Waals surface area contributed by atoms with Crippen molar-refractivity contribution in [2.75, 3.05) is 13.2 Å². The molecule has 134 valence electrons. The van der Waals surface area contributed by atoms with E-state index >= 15 is 0 Å². The highest BCUT2D eigenvalue weighted by Gasteiger charge is 2.35. The minimum absolute atomic E-state index is 0.151. The summed E-state index contributed by atoms with van der Waals surface area (Å²) >= 11 is 6.01. The van der Waals surface area contributed by atoms with E-state index in [1.54, 1.807) is 12.1 Å². The van der Waals surface area contributed by atoms with Gasteiger partial charge in [-0.15, -0.1) is 0 Å². The SMILES string of the molecule is O=C(O)c1cc(C2=CC3COCC(C2)N3Cc2ccccc2)ccc1Cl. The van der Waals surface area contributed by atoms with Crippen molar-refractivity contribution in [1.29, 1.82) is 0 Å². The van der Waals surface area contributed by atoms with E-state index in [2.05, 4.69) is 35.2 Å². The molecule has 4 nitrogen and oxygen atoms in total. The first-order chi connectivity index (χ1) is 12.6. The fourth-order valence-corrected chi connectivity index (χ4v) is 4.00. The van der Waals surface area contributed by atoms with Crippen LogP contribution in [0, 0.1) is 0 Å². The van der Waals surface area contributed by atoms with Gasteiger partial charge in [0.05, 0.1) is 29.8 Å². The van der Waals surface area contributed by atoms with Crippen LogP contribution >= 0.6 is 11.6 Å². The van der Waals surface area contributed by atoms with Crippen LogP contribution in [0.5, 0.6) is 0 Å². The molecule has 2 aliphatic heterocycles. The molecule has 1 fully saturated rings. The van der Waals surface area contributed by atoms with Crippen molar-refractivity contribution in [2.24, 2.45) is 0 Å². The predicted octanol–water partition coefficient (Wildman–Crippen LogP) is 4.09. The maximum absolute atomic E-state index is 11.4. The zero-order valence-electron chi connectivity index (χ0n) is 14.3. The van der Waals surface area contributed by atoms with Gasteiger partial charge >= 0.3 is 5.97 Å². The van der Waals surface area contributed by atoms with Crippen LogP contribution in [-0.4, -0.2) is 41.3 Å². The molecular weight excluding hydrogens is 350 g/mol. The molecule has 0 aliphatic carbocycles. The van der Waals surface area contributed by atoms with Gasteiger partial charge in [0.25, 0.3) is 0 Å². The second-order valence-corrected chi connectivity index (χ2v) is 7.22. The Kier molecular flexibility index (Phi) is 4.81. The number of rotatable bonds is 4. The molecule has 5 heteroatoms. The Morgan fingerprint density at radius 1 is 1.19 bits per heavy atom. The highest BCUT2D eigenvalue weighted by Crippen LogP contribution is 2.34. The van der Waals surface area contributed by atoms with Gasteiger partial charge in [-0.2, -0.15) is 0 Å². The lowest BCUT2D eigenvalue weighted by atomic mass is 9.89. The average molecular weight is 370 g/mol. The molecule has 0 spiro atoms. The monoisotopic (exact) mass is 369 g/mol. The lowest BCUT2D eigenvalue weighted by Crippen LogP contribution is -2.53. The number of carbonyl (C=O) groups is 1. The van der Waals surface area contributed by atoms with Crippen LogP contribution in [0.1, 0.15) is 27.9 Å². The Morgan fingerprint density at radius 2 is 2.00 bits per heavy atom. The number of morpholine rings is 1. The summed E-state index contributed by atoms with van der Waals surface area (Å²) in [7, 11) is 0. The first-order valence-electron chi connectivity index (χ1n) is 8.73. The summed E-state index contributed by atoms with van der Waals surface area (Å²) in [5.41, 5.74) is 3.55. The third-order valence-electron chi connectivity index (χ3n) is 5.12. The van der Waals surface area contributed by atoms with Crippen molar-refractivity contribution in [1.82, 2.24) is 4.90 Å². The number of fused-ring (bicyclic) bond motifs is 2. The molecule has 1 N–H and O–H groups in total. The topological polar surface area (TPSA) is 49.8 Å². The largest absolute Gasteiger partial charge is 0.478 e. The number of ether oxygens (including phenoxy) is 1. The maximum atomic E-state index is 11.4. The Labute approximate surface area is 157 Å². The van der Waals surface area contributed by atoms with Crippen LogP contribution in [0.3, 0.4) is 0 Å². The first kappa shape index (κ1) is 17.3. The van der Waals surface area contributed by atoms with Gasteiger partial charge in [0.1, 0.15) is 0 Å². The van der Waals surface area contributed by atoms with Crippen LogP contribution < -0.4 is 0 Å². The summed E-state index contributed by atoms with van der Waals surface area (Å²) in [6.07, 6.45) is 3.05. The fourth-order valence-electron chi connectivity index (χ4n) is 3.80. The van der Waals surface area contributed by atoms with Gasteiger partial charge in [0, 0.05) is 12.6 Å². The summed E-state index contributed by atoms with van der Waals surface area (Å²) in [5, 5.41) is 9.59. The van der Waals surface area contributed by atoms with Crippen LogP contribution in [0.4, 0.5) is 0 Å². The average Bonchev–Trinajstić information content (AvgIpc) is 2.62. The first-order valence-corrected chi connectivity index (χ1v) is 9.11. The summed E-state index contributed by atoms with van der Waals surface area (Å²) in [6.45, 7) is 2.25. The van der Waals surface area contributed by atoms with Crippen molar-refractivity contribution in [3.8, 4) is 0 Å². The normalized spacial score (nSPS) is 22.7. The molecule has 2 bridgehead atoms. The standard InChI is InChI=1S/C21H20ClNO3/c22-20-7-6-15(10-19(20)21(24)25)16-8-17-12-26-13-18(9-16)23(17)11-14-4-2-1-3-5-14/h1-8,10,17-18H,9,11-13H2,(H,24,25). The minimum Gasteiger partial charge on any atom is -0.478 e. The van der Waals surface area contributed by atoms with Crippen LogP contribution in [0.25, 0.3) is 5.57 Å². The second-order valence-electron chi connectivity index (χ2n) is 6.81. The van der Waals surface area contributed by atoms with Crippen molar-refractivity contribution in [3.63, 3.8) is 0 Å². The van der Waals surface area contributed by atoms with Gasteiger partial charge in [-0.25, -0.2) is 4.79 Å². The molecule has 2 aromatic carbocycles. The van der Waals surface area contributed by atoms with E-state index in [4.69, 9.17) is 16.3 Å². The molecule has 0 saturated carbocycles. The van der Waals surface area contributed by atoms with Gasteiger partial charge in [-0.3, -0.25) is 4.90 Å². The smallest absolute Gasteiger partial charge is 0.337 e. The van der Waals surface area contributed by atoms with Gasteiger partial charge < -0.3 is 9.84 Å². The zero-order valence-corrected chi connectivity index (χ0v) is 15.0. The Bertz CT molecular complexity index is 850. The summed E-state index contributed by atoms with van der Waals surface area (Å²) in [5.74, 6) is -0.998. The highest BCUT2D eigenvalue weighted by molar-refractivity contribution is 6.33. The van der Waals surface area contributed by atoms with Crippen LogP contribution in [-0.2, 0) is 11.3 Å². The van der Waals surface area contributed by atoms with Gasteiger partial charge in [-0.05, 0) is 35.3 Å². The molecule has 26 heavy (non-hydrogen) atoms. The van der Waals surface area contributed by atoms with Crippen molar-refractivity contribution in [2.45, 2.75) is 25.0 Å². The van der Waals surface area contributed by atoms with Crippen LogP contribution in [0.15, 0.2) is 54.6 Å². The second kappa shape index (κ2) is 7.23. The van der Waals surface area contributed by atoms with E-state index in [1.807, 2.05) is 12.1 Å². The third kappa shape index (κ3) is 3.40. The molecule has 0 radical (unpaired) electrons. The molecule has 0 amide bonds. The van der Waals surface area contributed by atoms with E-state index in [0.29, 0.717) is 13.2 Å². The molecule has 2 atom stereocenters. The number of carboxylic acid groups (broad SMARTS) is 1. The van der Waals surface area contributed by atoms with Gasteiger partial charge in [-0.1, -0.05) is 54.1 Å². The number of aromatic carboxylic acids is 1. The highest BCUT2D eigenvalue weighted by atomic mass is 35.5. The van der Waals surface area contributed by atoms with Crippen LogP contribution in [0.2, 0.25) is 5.02 Å². The van der Waals surface area contributed by atoms with Crippen molar-refractivity contribution < 1.29 is 14.6 Å². The number of hydrogen-bond acceptors (Lipinski definition) is 3. The summed E-state index contributed by atoms with van der Waals surface area (Å²) in [4.78, 5) is 13.9. The van der Waals surface area contributed by atoms with Gasteiger partial charge in [0.2, 0.25) is 0 Å². The zero-order chi connectivity index (χ0) is 18.1. The number of nitrogens with zero attached hydrogens (tertiary/aromatic N) is 1. The van der Waals surface area contributed by atoms with E-state index in [1.165, 1.54) is 11.1 Å². The number of benzene rings is 2. The third-order valence-corrected chi connectivity index (χ3v) is 5.45. The molecule has 0 aromatic heterocycles. The quantitative estimate of drug-likeness (QED) is 0.881. The van der Waals surface area contributed by atoms with Crippen molar-refractivity contribution >= 4 is 23.1 Å². The molecule has 2 heterocycles. The number of hydrogen-bond donors (Lipinski definition) is 1. The summed E-state index contributed by atoms with van der Waals surface area (Å²) < 4.78 is 5.77. The van der Waals surface area contributed by atoms with Crippen molar-refractivity contribution in [3.05, 3.63) is 76.3 Å². The Balaban J connectivity index is 1.62. The maximum Gasteiger partial charge on any atom is 0.337 e. The molecule has 1 saturated heterocycles. The number of halogens is 1. The molecule has 4 rings (SSSR count). The lowest BCUT2D eigenvalue weighted by molar-refractivity contribution is -0.0402. The summed E-state index contributed by atoms with van der Waals surface area (Å²) in [6, 6.07) is 16.2. The van der Waals surface area contributed by atoms with Gasteiger partial charge in [0.15, 0.2) is 0 Å². The molecule has 2 aliphatic rings. The molecule has 2 aromatic rings. The van der Waals surface area contributed by atoms with E-state index < -0.39 is 5.97 Å². The Hall–Kier alpha value is -2.14. The van der Waals surface area contributed by atoms with E-state index in [-0.39, 0.29) is 22.7 Å². The lowest BCUT2D eigenvalue weighted by Gasteiger charge is -2.45. The van der Waals surface area contributed by atoms with E-state index in [9.17, 15) is 9.90 Å². The fraction of sp³-hybridized carbons (Fsp3) is 0.286. The van der Waals surface area contributed by atoms with E-state index in [0.717, 1.165) is 18.5 Å². The molecular formula is C21H20ClNO3.